The van der Waals surface area contributed by atoms with Gasteiger partial charge in [0.05, 0.1) is 6.61 Å². The number of pyridine rings is 1. The molecule has 134 valence electrons. The van der Waals surface area contributed by atoms with Crippen molar-refractivity contribution in [3.05, 3.63) is 47.8 Å². The van der Waals surface area contributed by atoms with E-state index in [0.717, 1.165) is 34.9 Å². The number of benzene rings is 1. The van der Waals surface area contributed by atoms with E-state index in [4.69, 9.17) is 9.47 Å². The Kier molecular flexibility index (Phi) is 4.79. The zero-order valence-electron chi connectivity index (χ0n) is 14.7. The summed E-state index contributed by atoms with van der Waals surface area (Å²) in [7, 11) is 0. The van der Waals surface area contributed by atoms with Crippen molar-refractivity contribution in [2.45, 2.75) is 37.3 Å². The van der Waals surface area contributed by atoms with Crippen molar-refractivity contribution in [3.8, 4) is 22.9 Å². The van der Waals surface area contributed by atoms with Crippen LogP contribution in [0.5, 0.6) is 11.5 Å². The van der Waals surface area contributed by atoms with Gasteiger partial charge in [0.15, 0.2) is 5.82 Å². The highest BCUT2D eigenvalue weighted by molar-refractivity contribution is 7.98. The number of thioether (sulfide) groups is 1. The maximum Gasteiger partial charge on any atom is 0.209 e. The van der Waals surface area contributed by atoms with Crippen LogP contribution in [0.15, 0.2) is 41.8 Å². The standard InChI is InChI=1S/C19H20N4O2S/c1-3-24-16-8-14-7-12(2)25-17(14)9-15(16)11-26-19-21-18(22-23-19)13-5-4-6-20-10-13/h4-6,8-10,12H,3,7,11H2,1-2H3,(H,21,22,23)/t12-/m0/s1. The fourth-order valence-corrected chi connectivity index (χ4v) is 3.75. The molecule has 26 heavy (non-hydrogen) atoms. The van der Waals surface area contributed by atoms with Crippen molar-refractivity contribution in [2.75, 3.05) is 6.61 Å². The number of aromatic nitrogens is 4. The summed E-state index contributed by atoms with van der Waals surface area (Å²) < 4.78 is 11.7. The maximum atomic E-state index is 5.89. The average Bonchev–Trinajstić information content (AvgIpc) is 3.26. The molecule has 1 aliphatic rings. The first-order valence-electron chi connectivity index (χ1n) is 8.63. The molecular weight excluding hydrogens is 348 g/mol. The SMILES string of the molecule is CCOc1cc2c(cc1CSc1n[nH]c(-c3cccnc3)n1)O[C@@H](C)C2. The van der Waals surface area contributed by atoms with Gasteiger partial charge in [0.2, 0.25) is 5.16 Å². The van der Waals surface area contributed by atoms with Crippen molar-refractivity contribution >= 4 is 11.8 Å². The van der Waals surface area contributed by atoms with Gasteiger partial charge >= 0.3 is 0 Å². The van der Waals surface area contributed by atoms with E-state index in [1.165, 1.54) is 5.56 Å². The van der Waals surface area contributed by atoms with Crippen LogP contribution in [0.2, 0.25) is 0 Å². The molecule has 1 aliphatic heterocycles. The molecule has 0 spiro atoms. The van der Waals surface area contributed by atoms with Gasteiger partial charge in [-0.2, -0.15) is 0 Å². The molecule has 0 fully saturated rings. The van der Waals surface area contributed by atoms with Crippen LogP contribution in [0.3, 0.4) is 0 Å². The first-order valence-corrected chi connectivity index (χ1v) is 9.62. The fraction of sp³-hybridized carbons (Fsp3) is 0.316. The van der Waals surface area contributed by atoms with Crippen molar-refractivity contribution in [1.29, 1.82) is 0 Å². The zero-order valence-corrected chi connectivity index (χ0v) is 15.5. The highest BCUT2D eigenvalue weighted by atomic mass is 32.2. The van der Waals surface area contributed by atoms with Gasteiger partial charge in [-0.3, -0.25) is 10.1 Å². The van der Waals surface area contributed by atoms with Crippen LogP contribution < -0.4 is 9.47 Å². The minimum atomic E-state index is 0.220. The molecule has 0 amide bonds. The van der Waals surface area contributed by atoms with E-state index in [-0.39, 0.29) is 6.10 Å². The molecule has 4 rings (SSSR count). The second-order valence-electron chi connectivity index (χ2n) is 6.13. The van der Waals surface area contributed by atoms with Gasteiger partial charge in [0.1, 0.15) is 17.6 Å². The maximum absolute atomic E-state index is 5.89. The monoisotopic (exact) mass is 368 g/mol. The average molecular weight is 368 g/mol. The van der Waals surface area contributed by atoms with Gasteiger partial charge in [0, 0.05) is 41.3 Å². The van der Waals surface area contributed by atoms with E-state index < -0.39 is 0 Å². The Bertz CT molecular complexity index is 898. The molecule has 0 radical (unpaired) electrons. The zero-order chi connectivity index (χ0) is 17.9. The van der Waals surface area contributed by atoms with Crippen LogP contribution in [-0.4, -0.2) is 32.9 Å². The van der Waals surface area contributed by atoms with Gasteiger partial charge < -0.3 is 9.47 Å². The third-order valence-electron chi connectivity index (χ3n) is 4.14. The summed E-state index contributed by atoms with van der Waals surface area (Å²) in [5.41, 5.74) is 3.23. The number of nitrogens with zero attached hydrogens (tertiary/aromatic N) is 3. The minimum absolute atomic E-state index is 0.220. The number of rotatable bonds is 6. The summed E-state index contributed by atoms with van der Waals surface area (Å²) in [6.07, 6.45) is 4.65. The van der Waals surface area contributed by atoms with Crippen molar-refractivity contribution in [2.24, 2.45) is 0 Å². The number of hydrogen-bond acceptors (Lipinski definition) is 6. The van der Waals surface area contributed by atoms with Gasteiger partial charge in [0.25, 0.3) is 0 Å². The highest BCUT2D eigenvalue weighted by Gasteiger charge is 2.22. The topological polar surface area (TPSA) is 72.9 Å². The van der Waals surface area contributed by atoms with E-state index in [9.17, 15) is 0 Å². The second kappa shape index (κ2) is 7.37. The first kappa shape index (κ1) is 16.9. The van der Waals surface area contributed by atoms with E-state index in [1.54, 1.807) is 24.2 Å². The predicted octanol–water partition coefficient (Wildman–Crippen LogP) is 3.88. The van der Waals surface area contributed by atoms with Crippen molar-refractivity contribution in [3.63, 3.8) is 0 Å². The molecule has 0 bridgehead atoms. The molecule has 1 atom stereocenters. The Morgan fingerprint density at radius 3 is 3.12 bits per heavy atom. The first-order chi connectivity index (χ1) is 12.7. The smallest absolute Gasteiger partial charge is 0.209 e. The third kappa shape index (κ3) is 3.53. The Balaban J connectivity index is 1.51. The normalized spacial score (nSPS) is 15.5. The minimum Gasteiger partial charge on any atom is -0.494 e. The van der Waals surface area contributed by atoms with Crippen molar-refractivity contribution < 1.29 is 9.47 Å². The molecule has 2 aromatic heterocycles. The Morgan fingerprint density at radius 2 is 2.31 bits per heavy atom. The van der Waals surface area contributed by atoms with Crippen LogP contribution in [-0.2, 0) is 12.2 Å². The molecule has 3 heterocycles. The van der Waals surface area contributed by atoms with E-state index in [0.29, 0.717) is 17.5 Å². The summed E-state index contributed by atoms with van der Waals surface area (Å²) in [4.78, 5) is 8.65. The molecular formula is C19H20N4O2S. The molecule has 0 unspecified atom stereocenters. The van der Waals surface area contributed by atoms with Gasteiger partial charge in [-0.05, 0) is 38.1 Å². The summed E-state index contributed by atoms with van der Waals surface area (Å²) in [6, 6.07) is 8.03. The lowest BCUT2D eigenvalue weighted by molar-refractivity contribution is 0.254. The van der Waals surface area contributed by atoms with Crippen LogP contribution >= 0.6 is 11.8 Å². The van der Waals surface area contributed by atoms with E-state index >= 15 is 0 Å². The lowest BCUT2D eigenvalue weighted by Crippen LogP contribution is -2.05. The Hall–Kier alpha value is -2.54. The molecule has 0 aliphatic carbocycles. The van der Waals surface area contributed by atoms with Gasteiger partial charge in [-0.15, -0.1) is 5.10 Å². The summed E-state index contributed by atoms with van der Waals surface area (Å²) in [5, 5.41) is 7.96. The number of H-pyrrole nitrogens is 1. The molecule has 7 heteroatoms. The highest BCUT2D eigenvalue weighted by Crippen LogP contribution is 2.37. The lowest BCUT2D eigenvalue weighted by atomic mass is 10.1. The van der Waals surface area contributed by atoms with E-state index in [1.807, 2.05) is 19.1 Å². The third-order valence-corrected chi connectivity index (χ3v) is 5.03. The van der Waals surface area contributed by atoms with Crippen LogP contribution in [0, 0.1) is 0 Å². The van der Waals surface area contributed by atoms with Crippen LogP contribution in [0.1, 0.15) is 25.0 Å². The summed E-state index contributed by atoms with van der Waals surface area (Å²) in [5.74, 6) is 3.31. The quantitative estimate of drug-likeness (QED) is 0.666. The Morgan fingerprint density at radius 1 is 1.38 bits per heavy atom. The molecule has 0 saturated heterocycles. The molecule has 6 nitrogen and oxygen atoms in total. The van der Waals surface area contributed by atoms with Crippen LogP contribution in [0.4, 0.5) is 0 Å². The van der Waals surface area contributed by atoms with Crippen LogP contribution in [0.25, 0.3) is 11.4 Å². The Labute approximate surface area is 156 Å². The largest absolute Gasteiger partial charge is 0.494 e. The fourth-order valence-electron chi connectivity index (χ4n) is 2.97. The predicted molar refractivity (Wildman–Crippen MR) is 101 cm³/mol. The van der Waals surface area contributed by atoms with Crippen molar-refractivity contribution in [1.82, 2.24) is 20.2 Å². The molecule has 0 saturated carbocycles. The number of aromatic amines is 1. The second-order valence-corrected chi connectivity index (χ2v) is 7.07. The lowest BCUT2D eigenvalue weighted by Gasteiger charge is -2.11. The number of ether oxygens (including phenoxy) is 2. The number of nitrogens with one attached hydrogen (secondary N) is 1. The summed E-state index contributed by atoms with van der Waals surface area (Å²) in [6.45, 7) is 4.72. The molecule has 1 N–H and O–H groups in total. The molecule has 3 aromatic rings. The number of fused-ring (bicyclic) bond motifs is 1. The van der Waals surface area contributed by atoms with Gasteiger partial charge in [-0.1, -0.05) is 11.8 Å². The summed E-state index contributed by atoms with van der Waals surface area (Å²) >= 11 is 1.57. The van der Waals surface area contributed by atoms with Gasteiger partial charge in [-0.25, -0.2) is 4.98 Å². The molecule has 1 aromatic carbocycles. The number of hydrogen-bond donors (Lipinski definition) is 1. The van der Waals surface area contributed by atoms with E-state index in [2.05, 4.69) is 39.2 Å².